The Morgan fingerprint density at radius 3 is 2.28 bits per heavy atom. The van der Waals surface area contributed by atoms with Crippen LogP contribution in [0.4, 0.5) is 5.69 Å². The van der Waals surface area contributed by atoms with E-state index in [9.17, 15) is 19.8 Å². The van der Waals surface area contributed by atoms with Crippen LogP contribution in [0.3, 0.4) is 0 Å². The van der Waals surface area contributed by atoms with Gasteiger partial charge in [0.15, 0.2) is 0 Å². The van der Waals surface area contributed by atoms with Crippen LogP contribution in [0.15, 0.2) is 66.2 Å². The van der Waals surface area contributed by atoms with Gasteiger partial charge in [0.05, 0.1) is 18.2 Å². The fourth-order valence-corrected chi connectivity index (χ4v) is 4.54. The molecular formula is C30H31NO5. The fraction of sp³-hybridized carbons (Fsp3) is 0.267. The Kier molecular flexibility index (Phi) is 6.88. The van der Waals surface area contributed by atoms with Crippen LogP contribution in [0.1, 0.15) is 60.5 Å². The lowest BCUT2D eigenvalue weighted by molar-refractivity contribution is -0.132. The summed E-state index contributed by atoms with van der Waals surface area (Å²) in [6.45, 7) is 10.4. The second-order valence-corrected chi connectivity index (χ2v) is 9.37. The van der Waals surface area contributed by atoms with E-state index in [0.717, 1.165) is 22.4 Å². The quantitative estimate of drug-likeness (QED) is 0.248. The minimum Gasteiger partial charge on any atom is -0.508 e. The number of carbonyl (C=O) groups excluding carboxylic acids is 2. The van der Waals surface area contributed by atoms with Crippen molar-refractivity contribution in [2.45, 2.75) is 46.6 Å². The lowest BCUT2D eigenvalue weighted by Crippen LogP contribution is -2.29. The van der Waals surface area contributed by atoms with Crippen molar-refractivity contribution in [3.05, 3.63) is 94.1 Å². The van der Waals surface area contributed by atoms with Crippen molar-refractivity contribution in [3.63, 3.8) is 0 Å². The number of hydrogen-bond acceptors (Lipinski definition) is 5. The zero-order valence-electron chi connectivity index (χ0n) is 21.2. The molecule has 186 valence electrons. The van der Waals surface area contributed by atoms with Crippen LogP contribution in [-0.4, -0.2) is 28.5 Å². The number of benzene rings is 3. The number of aliphatic hydroxyl groups excluding tert-OH is 1. The molecule has 36 heavy (non-hydrogen) atoms. The number of carbonyl (C=O) groups is 2. The van der Waals surface area contributed by atoms with Gasteiger partial charge in [0.2, 0.25) is 0 Å². The van der Waals surface area contributed by atoms with Crippen molar-refractivity contribution in [1.29, 1.82) is 0 Å². The summed E-state index contributed by atoms with van der Waals surface area (Å²) in [5.41, 5.74) is 4.53. The summed E-state index contributed by atoms with van der Waals surface area (Å²) in [6, 6.07) is 16.3. The molecule has 0 radical (unpaired) electrons. The number of ketones is 1. The smallest absolute Gasteiger partial charge is 0.300 e. The van der Waals surface area contributed by atoms with Gasteiger partial charge in [-0.2, -0.15) is 0 Å². The lowest BCUT2D eigenvalue weighted by atomic mass is 9.93. The van der Waals surface area contributed by atoms with E-state index in [4.69, 9.17) is 4.74 Å². The molecule has 3 aromatic carbocycles. The first-order chi connectivity index (χ1) is 17.1. The van der Waals surface area contributed by atoms with Crippen molar-refractivity contribution in [1.82, 2.24) is 0 Å². The van der Waals surface area contributed by atoms with Crippen LogP contribution in [0, 0.1) is 13.8 Å². The molecular weight excluding hydrogens is 454 g/mol. The minimum absolute atomic E-state index is 0.00258. The maximum Gasteiger partial charge on any atom is 0.300 e. The average Bonchev–Trinajstić information content (AvgIpc) is 3.11. The van der Waals surface area contributed by atoms with Crippen molar-refractivity contribution >= 4 is 23.1 Å². The predicted octanol–water partition coefficient (Wildman–Crippen LogP) is 6.16. The third-order valence-corrected chi connectivity index (χ3v) is 6.63. The van der Waals surface area contributed by atoms with Gasteiger partial charge in [0.1, 0.15) is 17.3 Å². The molecule has 0 bridgehead atoms. The van der Waals surface area contributed by atoms with E-state index in [2.05, 4.69) is 0 Å². The van der Waals surface area contributed by atoms with Gasteiger partial charge in [-0.3, -0.25) is 14.5 Å². The van der Waals surface area contributed by atoms with Crippen molar-refractivity contribution in [2.24, 2.45) is 0 Å². The Morgan fingerprint density at radius 2 is 1.67 bits per heavy atom. The first-order valence-electron chi connectivity index (χ1n) is 12.1. The summed E-state index contributed by atoms with van der Waals surface area (Å²) >= 11 is 0. The number of anilines is 1. The summed E-state index contributed by atoms with van der Waals surface area (Å²) < 4.78 is 5.74. The fourth-order valence-electron chi connectivity index (χ4n) is 4.54. The van der Waals surface area contributed by atoms with Gasteiger partial charge >= 0.3 is 0 Å². The summed E-state index contributed by atoms with van der Waals surface area (Å²) in [5, 5.41) is 21.3. The topological polar surface area (TPSA) is 87.1 Å². The number of ether oxygens (including phenoxy) is 1. The van der Waals surface area contributed by atoms with Gasteiger partial charge < -0.3 is 14.9 Å². The molecule has 0 aromatic heterocycles. The van der Waals surface area contributed by atoms with E-state index in [1.807, 2.05) is 52.8 Å². The molecule has 6 heteroatoms. The second-order valence-electron chi connectivity index (χ2n) is 9.37. The van der Waals surface area contributed by atoms with E-state index in [-0.39, 0.29) is 23.0 Å². The maximum atomic E-state index is 13.4. The first kappa shape index (κ1) is 25.0. The Labute approximate surface area is 211 Å². The third kappa shape index (κ3) is 4.47. The molecule has 1 fully saturated rings. The van der Waals surface area contributed by atoms with Crippen molar-refractivity contribution in [2.75, 3.05) is 11.5 Å². The summed E-state index contributed by atoms with van der Waals surface area (Å²) in [5.74, 6) is -0.825. The molecule has 6 nitrogen and oxygen atoms in total. The van der Waals surface area contributed by atoms with Gasteiger partial charge in [0.25, 0.3) is 11.7 Å². The Bertz CT molecular complexity index is 1350. The SMILES string of the molecule is CCOc1ccc(/C(O)=C2/C(=O)C(=O)N(c3ccc(C)c(C)c3)C2c2ccc(O)cc2)cc1C(C)C. The number of aromatic hydroxyl groups is 1. The zero-order chi connectivity index (χ0) is 26.1. The number of phenols is 1. The van der Waals surface area contributed by atoms with Gasteiger partial charge in [0, 0.05) is 11.3 Å². The molecule has 1 atom stereocenters. The number of rotatable bonds is 6. The van der Waals surface area contributed by atoms with Gasteiger partial charge in [-0.15, -0.1) is 0 Å². The minimum atomic E-state index is -0.859. The monoisotopic (exact) mass is 485 g/mol. The van der Waals surface area contributed by atoms with Crippen LogP contribution in [0.25, 0.3) is 5.76 Å². The van der Waals surface area contributed by atoms with Crippen LogP contribution >= 0.6 is 0 Å². The average molecular weight is 486 g/mol. The molecule has 1 amide bonds. The highest BCUT2D eigenvalue weighted by Crippen LogP contribution is 2.43. The molecule has 0 saturated carbocycles. The van der Waals surface area contributed by atoms with Gasteiger partial charge in [-0.25, -0.2) is 0 Å². The summed E-state index contributed by atoms with van der Waals surface area (Å²) in [7, 11) is 0. The van der Waals surface area contributed by atoms with Crippen LogP contribution < -0.4 is 9.64 Å². The Balaban J connectivity index is 1.94. The molecule has 1 unspecified atom stereocenters. The standard InChI is InChI=1S/C30H31NO5/c1-6-36-25-14-10-21(16-24(25)17(2)3)28(33)26-27(20-8-12-23(32)13-9-20)31(30(35)29(26)34)22-11-7-18(4)19(5)15-22/h7-17,27,32-33H,6H2,1-5H3/b28-26-. The van der Waals surface area contributed by atoms with E-state index in [1.54, 1.807) is 30.3 Å². The molecule has 0 spiro atoms. The van der Waals surface area contributed by atoms with E-state index in [1.165, 1.54) is 17.0 Å². The second kappa shape index (κ2) is 9.90. The number of hydrogen-bond donors (Lipinski definition) is 2. The molecule has 4 rings (SSSR count). The molecule has 0 aliphatic carbocycles. The molecule has 1 heterocycles. The largest absolute Gasteiger partial charge is 0.508 e. The third-order valence-electron chi connectivity index (χ3n) is 6.63. The number of nitrogens with zero attached hydrogens (tertiary/aromatic N) is 1. The Hall–Kier alpha value is -4.06. The number of aliphatic hydroxyl groups is 1. The highest BCUT2D eigenvalue weighted by molar-refractivity contribution is 6.51. The van der Waals surface area contributed by atoms with Crippen LogP contribution in [0.5, 0.6) is 11.5 Å². The highest BCUT2D eigenvalue weighted by Gasteiger charge is 2.47. The summed E-state index contributed by atoms with van der Waals surface area (Å²) in [6.07, 6.45) is 0. The van der Waals surface area contributed by atoms with Crippen molar-refractivity contribution in [3.8, 4) is 11.5 Å². The van der Waals surface area contributed by atoms with Crippen LogP contribution in [-0.2, 0) is 9.59 Å². The number of amides is 1. The molecule has 1 aliphatic rings. The maximum absolute atomic E-state index is 13.4. The molecule has 1 aliphatic heterocycles. The van der Waals surface area contributed by atoms with Gasteiger partial charge in [-0.1, -0.05) is 32.0 Å². The predicted molar refractivity (Wildman–Crippen MR) is 141 cm³/mol. The first-order valence-corrected chi connectivity index (χ1v) is 12.1. The van der Waals surface area contributed by atoms with Crippen molar-refractivity contribution < 1.29 is 24.5 Å². The number of aryl methyl sites for hydroxylation is 2. The Morgan fingerprint density at radius 1 is 0.972 bits per heavy atom. The van der Waals surface area contributed by atoms with Crippen LogP contribution in [0.2, 0.25) is 0 Å². The lowest BCUT2D eigenvalue weighted by Gasteiger charge is -2.26. The number of phenolic OH excluding ortho intramolecular Hbond substituents is 1. The van der Waals surface area contributed by atoms with E-state index >= 15 is 0 Å². The highest BCUT2D eigenvalue weighted by atomic mass is 16.5. The zero-order valence-corrected chi connectivity index (χ0v) is 21.2. The normalized spacial score (nSPS) is 17.2. The summed E-state index contributed by atoms with van der Waals surface area (Å²) in [4.78, 5) is 28.2. The van der Waals surface area contributed by atoms with Gasteiger partial charge in [-0.05, 0) is 91.4 Å². The van der Waals surface area contributed by atoms with E-state index < -0.39 is 17.7 Å². The van der Waals surface area contributed by atoms with E-state index in [0.29, 0.717) is 23.4 Å². The molecule has 1 saturated heterocycles. The molecule has 3 aromatic rings. The number of Topliss-reactive ketones (excluding diaryl/α,β-unsaturated/α-hetero) is 1. The molecule has 2 N–H and O–H groups in total.